The van der Waals surface area contributed by atoms with Crippen LogP contribution in [0.2, 0.25) is 0 Å². The van der Waals surface area contributed by atoms with Crippen LogP contribution in [0.1, 0.15) is 230 Å². The maximum atomic E-state index is 14.9. The number of benzene rings is 8. The SMILES string of the molecule is C.CC(=N[S@](=O)C(C)(C)C)c1cc([N+](=O)[O-])ccc1F.CC(C)(C)OC(=O)C1([C@](C)(N[S@](=O)C(C)(C)C)c2cc([N+](=O)[O-])ccc2F)CC1.C[C@@](N)(c1cc([N+](=O)[O-])ccc1F)C1(C(=O)O)CC1.C[C@@](N)(c1cc([N+](=O)[O-])ccc1F)C1(CO)CC1.C[C@@](NC(=S)NC(=O)c1ccccc1)(c1cc([N+](=O)[O-])ccc1F)C1(CO)CC1.C[C@]1(c2cc([N+](=O)[O-])ccc2F)N=C(NC(=O)c2ccccc2)SCC12CC2.Cl. The molecule has 0 aromatic heterocycles. The first kappa shape index (κ1) is 119. The van der Waals surface area contributed by atoms with Crippen molar-refractivity contribution in [3.05, 3.63) is 310 Å². The van der Waals surface area contributed by atoms with Gasteiger partial charge in [0, 0.05) is 145 Å². The van der Waals surface area contributed by atoms with Crippen LogP contribution in [0.4, 0.5) is 60.5 Å². The van der Waals surface area contributed by atoms with Crippen LogP contribution in [0.5, 0.6) is 0 Å². The number of hydrogen-bond acceptors (Lipinski definition) is 26. The molecule has 11 N–H and O–H groups in total. The second kappa shape index (κ2) is 45.5. The van der Waals surface area contributed by atoms with Gasteiger partial charge < -0.3 is 42.2 Å². The zero-order valence-corrected chi connectivity index (χ0v) is 84.6. The second-order valence-electron chi connectivity index (χ2n) is 39.2. The monoisotopic (exact) mass is 2100 g/mol. The van der Waals surface area contributed by atoms with Gasteiger partial charge in [-0.2, -0.15) is 4.40 Å². The van der Waals surface area contributed by atoms with Gasteiger partial charge in [0.2, 0.25) is 0 Å². The fourth-order valence-electron chi connectivity index (χ4n) is 16.2. The maximum Gasteiger partial charge on any atom is 0.314 e. The summed E-state index contributed by atoms with van der Waals surface area (Å²) in [5.41, 5.74) is 0.698. The fraction of sp³-hybridized carbons (Fsp3) is 0.433. The van der Waals surface area contributed by atoms with Gasteiger partial charge in [-0.25, -0.2) is 39.5 Å². The Morgan fingerprint density at radius 2 is 0.868 bits per heavy atom. The predicted octanol–water partition coefficient (Wildman–Crippen LogP) is 18.9. The molecule has 0 bridgehead atoms. The lowest BCUT2D eigenvalue weighted by Gasteiger charge is -2.40. The number of carboxylic acids is 1. The molecule has 778 valence electrons. The molecule has 1 heterocycles. The van der Waals surface area contributed by atoms with Gasteiger partial charge in [0.15, 0.2) is 10.3 Å². The van der Waals surface area contributed by atoms with Crippen LogP contribution in [-0.4, -0.2) is 127 Å². The molecule has 0 unspecified atom stereocenters. The Morgan fingerprint density at radius 1 is 0.500 bits per heavy atom. The summed E-state index contributed by atoms with van der Waals surface area (Å²) in [6, 6.07) is 36.6. The molecule has 1 spiro atoms. The van der Waals surface area contributed by atoms with Crippen LogP contribution in [0, 0.1) is 123 Å². The van der Waals surface area contributed by atoms with Crippen molar-refractivity contribution >= 4 is 132 Å². The van der Waals surface area contributed by atoms with E-state index in [-0.39, 0.29) is 123 Å². The standard InChI is InChI=1S/C20H20FN3O4S.C20H18FN3O3S.C20H29FN2O5S.C12H13FN2O4.C12H15FN2O3S.C12H15FN2O3.CH4.ClH/c1-19(20(12-25)9-10-20,15-11-14(24(27)28)7-8-16(15)21)23-18(29)22-17(26)13-5-3-2-4-6-13;1-19(15-11-14(24(26)27)7-8-16(15)21)20(9-10-20)12-28-18(23-19)22-17(25)13-5-3-2-4-6-13;1-17(2,3)28-16(24)20(10-11-20)19(7,22-29(27)18(4,5)6)14-12-13(23(25)26)8-9-15(14)21;1-11(14,12(4-5-12)10(16)17)8-6-7(15(18)19)2-3-9(8)13;1-8(14-19(18)12(2,3)4)10-7-9(15(16)17)5-6-11(10)13;1-11(14,12(7-16)4-5-12)9-6-8(15(17)18)2-3-10(9)13;;/h2-8,11,25H,9-10,12H2,1H3,(H2,22,23,26,29);2-8,11H,9-10,12H2,1H3,(H,22,23,25);8-9,12,22H,10-11H2,1-7H3;2-3,6H,4-5,14H2,1H3,(H,16,17);5-7H,1-4H3;2-3,6,16H,4-5,7,14H2,1H3;1H4;1H/t2*19-;19-,29-;11-;19-;11-;;/m111111../s1. The number of aliphatic hydroxyl groups excluding tert-OH is 2. The van der Waals surface area contributed by atoms with Crippen molar-refractivity contribution in [1.82, 2.24) is 20.7 Å². The normalized spacial score (nSPS) is 18.5. The van der Waals surface area contributed by atoms with Crippen LogP contribution in [0.3, 0.4) is 0 Å². The summed E-state index contributed by atoms with van der Waals surface area (Å²) >= 11 is 6.70. The highest BCUT2D eigenvalue weighted by atomic mass is 35.5. The Hall–Kier alpha value is -12.4. The van der Waals surface area contributed by atoms with E-state index < -0.39 is 169 Å². The fourth-order valence-corrected chi connectivity index (χ4v) is 19.5. The van der Waals surface area contributed by atoms with Crippen LogP contribution in [0.15, 0.2) is 179 Å². The Kier molecular flexibility index (Phi) is 37.4. The molecule has 144 heavy (non-hydrogen) atoms. The number of hydrogen-bond donors (Lipinski definition) is 9. The smallest absolute Gasteiger partial charge is 0.314 e. The number of thioether (sulfide) groups is 1. The molecule has 5 saturated carbocycles. The van der Waals surface area contributed by atoms with Crippen LogP contribution >= 0.6 is 36.4 Å². The first-order chi connectivity index (χ1) is 65.8. The van der Waals surface area contributed by atoms with E-state index in [1.807, 2.05) is 6.07 Å². The summed E-state index contributed by atoms with van der Waals surface area (Å²) < 4.78 is 122. The van der Waals surface area contributed by atoms with Gasteiger partial charge in [0.1, 0.15) is 51.5 Å². The molecule has 8 aromatic rings. The third-order valence-corrected chi connectivity index (χ3v) is 30.9. The maximum absolute atomic E-state index is 14.9. The van der Waals surface area contributed by atoms with Gasteiger partial charge in [0.05, 0.1) is 102 Å². The van der Waals surface area contributed by atoms with Crippen molar-refractivity contribution in [2.24, 2.45) is 47.9 Å². The van der Waals surface area contributed by atoms with E-state index in [1.54, 1.807) is 145 Å². The minimum absolute atomic E-state index is 0. The number of non-ortho nitro benzene ring substituents is 6. The lowest BCUT2D eigenvalue weighted by atomic mass is 9.76. The summed E-state index contributed by atoms with van der Waals surface area (Å²) in [6.07, 6.45) is 5.69. The first-order valence-corrected chi connectivity index (χ1v) is 47.8. The highest BCUT2D eigenvalue weighted by molar-refractivity contribution is 8.14. The van der Waals surface area contributed by atoms with Crippen LogP contribution in [-0.2, 0) is 64.0 Å². The molecule has 5 fully saturated rings. The zero-order chi connectivity index (χ0) is 106. The summed E-state index contributed by atoms with van der Waals surface area (Å²) in [4.78, 5) is 116. The lowest BCUT2D eigenvalue weighted by molar-refractivity contribution is -0.385. The van der Waals surface area contributed by atoms with Crippen LogP contribution < -0.4 is 32.1 Å². The molecule has 36 nitrogen and oxygen atoms in total. The molecule has 7 atom stereocenters. The number of halogens is 7. The van der Waals surface area contributed by atoms with Crippen LogP contribution in [0.25, 0.3) is 0 Å². The zero-order valence-electron chi connectivity index (χ0n) is 80.5. The summed E-state index contributed by atoms with van der Waals surface area (Å²) in [5, 5.41) is 103. The van der Waals surface area contributed by atoms with Gasteiger partial charge in [-0.1, -0.05) is 55.6 Å². The van der Waals surface area contributed by atoms with Crippen molar-refractivity contribution in [3.8, 4) is 0 Å². The number of amidine groups is 1. The quantitative estimate of drug-likeness (QED) is 0.00607. The topological polar surface area (TPSA) is 556 Å². The lowest BCUT2D eigenvalue weighted by Crippen LogP contribution is -2.55. The number of ether oxygens (including phenoxy) is 1. The number of nitrogens with two attached hydrogens (primary N) is 2. The Morgan fingerprint density at radius 3 is 1.24 bits per heavy atom. The van der Waals surface area contributed by atoms with Gasteiger partial charge >= 0.3 is 11.9 Å². The largest absolute Gasteiger partial charge is 0.481 e. The molecular weight excluding hydrogens is 1990 g/mol. The number of amides is 2. The third kappa shape index (κ3) is 26.3. The minimum atomic E-state index is -1.67. The highest BCUT2D eigenvalue weighted by Crippen LogP contribution is 2.66. The molecule has 0 saturated heterocycles. The first-order valence-electron chi connectivity index (χ1n) is 44.2. The number of carbonyl (C=O) groups is 4. The van der Waals surface area contributed by atoms with Crippen molar-refractivity contribution in [3.63, 3.8) is 0 Å². The molecule has 0 radical (unpaired) electrons. The van der Waals surface area contributed by atoms with Crippen molar-refractivity contribution in [2.45, 2.75) is 218 Å². The summed E-state index contributed by atoms with van der Waals surface area (Å²) in [7, 11) is -3.22. The molecule has 1 aliphatic heterocycles. The van der Waals surface area contributed by atoms with E-state index in [0.717, 1.165) is 116 Å². The molecule has 47 heteroatoms. The number of aliphatic imine (C=N–C) groups is 1. The number of thiocarbonyl (C=S) groups is 1. The number of nitrogens with one attached hydrogen (secondary N) is 4. The van der Waals surface area contributed by atoms with Crippen molar-refractivity contribution in [2.75, 3.05) is 19.0 Å². The van der Waals surface area contributed by atoms with Gasteiger partial charge in [-0.15, -0.1) is 12.4 Å². The van der Waals surface area contributed by atoms with Crippen molar-refractivity contribution < 1.29 is 104 Å². The molecule has 6 aliphatic rings. The van der Waals surface area contributed by atoms with Gasteiger partial charge in [0.25, 0.3) is 45.9 Å². The van der Waals surface area contributed by atoms with E-state index in [1.165, 1.54) is 31.7 Å². The van der Waals surface area contributed by atoms with E-state index in [2.05, 4.69) is 25.1 Å². The molecule has 8 aromatic carbocycles. The molecule has 14 rings (SSSR count). The highest BCUT2D eigenvalue weighted by Gasteiger charge is 2.68. The third-order valence-electron chi connectivity index (χ3n) is 26.4. The van der Waals surface area contributed by atoms with E-state index in [9.17, 15) is 130 Å². The number of aliphatic hydroxyl groups is 2. The Balaban J connectivity index is 0.000000236. The van der Waals surface area contributed by atoms with E-state index in [0.29, 0.717) is 73.4 Å². The Labute approximate surface area is 846 Å². The Bertz CT molecular complexity index is 6380. The number of nitrogens with zero attached hydrogens (tertiary/aromatic N) is 8. The van der Waals surface area contributed by atoms with Gasteiger partial charge in [-0.3, -0.25) is 90.2 Å². The second-order valence-corrected chi connectivity index (χ2v) is 44.4. The summed E-state index contributed by atoms with van der Waals surface area (Å²) in [5.74, 6) is -5.57. The van der Waals surface area contributed by atoms with Gasteiger partial charge in [-0.05, 0) is 241 Å². The average molecular weight is 2110 g/mol. The van der Waals surface area contributed by atoms with Crippen molar-refractivity contribution in [1.29, 1.82) is 0 Å². The molecule has 2 amide bonds. The number of aliphatic carboxylic acids is 1. The number of nitro benzene ring substituents is 6. The average Bonchev–Trinajstić information content (AvgIpc) is 1.79. The number of esters is 1. The molecule has 5 aliphatic carbocycles. The predicted molar refractivity (Wildman–Crippen MR) is 538 cm³/mol. The number of rotatable bonds is 26. The minimum Gasteiger partial charge on any atom is -0.481 e. The van der Waals surface area contributed by atoms with E-state index >= 15 is 0 Å². The van der Waals surface area contributed by atoms with E-state index in [4.69, 9.17) is 33.4 Å². The summed E-state index contributed by atoms with van der Waals surface area (Å²) in [6.45, 7) is 24.7. The number of nitro groups is 6. The number of carbonyl (C=O) groups excluding carboxylic acids is 3. The number of carboxylic acid groups (broad SMARTS) is 1. The molecular formula is C97H115ClF6N14O22S4.